The van der Waals surface area contributed by atoms with Crippen LogP contribution in [-0.4, -0.2) is 81.2 Å². The van der Waals surface area contributed by atoms with Crippen molar-refractivity contribution in [3.63, 3.8) is 0 Å². The van der Waals surface area contributed by atoms with Crippen LogP contribution in [0.4, 0.5) is 0 Å². The Morgan fingerprint density at radius 2 is 1.60 bits per heavy atom. The first-order chi connectivity index (χ1) is 11.8. The Morgan fingerprint density at radius 1 is 1.08 bits per heavy atom. The molecule has 25 heavy (non-hydrogen) atoms. The van der Waals surface area contributed by atoms with Gasteiger partial charge in [-0.2, -0.15) is 23.5 Å². The van der Waals surface area contributed by atoms with Gasteiger partial charge in [0.1, 0.15) is 5.68 Å². The summed E-state index contributed by atoms with van der Waals surface area (Å²) in [4.78, 5) is 35.6. The van der Waals surface area contributed by atoms with E-state index in [1.165, 1.54) is 0 Å². The van der Waals surface area contributed by atoms with Crippen molar-refractivity contribution in [2.24, 2.45) is 11.7 Å². The lowest BCUT2D eigenvalue weighted by molar-refractivity contribution is -0.127. The zero-order valence-corrected chi connectivity index (χ0v) is 17.4. The molecule has 1 aliphatic rings. The third-order valence-electron chi connectivity index (χ3n) is 4.46. The van der Waals surface area contributed by atoms with E-state index in [2.05, 4.69) is 5.32 Å². The van der Waals surface area contributed by atoms with E-state index in [0.29, 0.717) is 36.3 Å². The molecular weight excluding hydrogens is 352 g/mol. The van der Waals surface area contributed by atoms with Crippen LogP contribution in [0.3, 0.4) is 0 Å². The van der Waals surface area contributed by atoms with Gasteiger partial charge in [0.25, 0.3) is 0 Å². The normalized spacial score (nSPS) is 21.8. The van der Waals surface area contributed by atoms with Crippen molar-refractivity contribution in [2.45, 2.75) is 49.3 Å². The largest absolute Gasteiger partial charge is 0.346 e. The molecule has 4 unspecified atom stereocenters. The van der Waals surface area contributed by atoms with Crippen LogP contribution in [0, 0.1) is 5.92 Å². The average Bonchev–Trinajstić information content (AvgIpc) is 2.57. The van der Waals surface area contributed by atoms with Gasteiger partial charge in [-0.1, -0.05) is 13.8 Å². The second-order valence-corrected chi connectivity index (χ2v) is 9.33. The summed E-state index contributed by atoms with van der Waals surface area (Å²) in [5, 5.41) is 3.83. The van der Waals surface area contributed by atoms with Crippen molar-refractivity contribution in [2.75, 3.05) is 11.5 Å². The van der Waals surface area contributed by atoms with E-state index in [0.717, 1.165) is 12.8 Å². The summed E-state index contributed by atoms with van der Waals surface area (Å²) in [5.41, 5.74) is 6.09. The summed E-state index contributed by atoms with van der Waals surface area (Å²) >= 11 is 3.53. The van der Waals surface area contributed by atoms with Gasteiger partial charge in [-0.15, -0.1) is 0 Å². The van der Waals surface area contributed by atoms with E-state index in [1.54, 1.807) is 23.5 Å². The topological polar surface area (TPSA) is 89.3 Å². The molecule has 1 saturated carbocycles. The summed E-state index contributed by atoms with van der Waals surface area (Å²) in [6.07, 6.45) is 2.24. The SMILES string of the molecule is BBC(=O)C(N)CSC1CCC1SCC(NC(=O)C(C)C)C(=O)BB. The summed E-state index contributed by atoms with van der Waals surface area (Å²) < 4.78 is 0. The Hall–Kier alpha value is -0.270. The molecule has 1 fully saturated rings. The number of thioether (sulfide) groups is 2. The minimum atomic E-state index is -0.403. The molecule has 0 radical (unpaired) electrons. The zero-order valence-electron chi connectivity index (χ0n) is 15.7. The van der Waals surface area contributed by atoms with E-state index in [1.807, 2.05) is 29.3 Å². The third kappa shape index (κ3) is 7.47. The van der Waals surface area contributed by atoms with Crippen LogP contribution in [0.2, 0.25) is 0 Å². The lowest BCUT2D eigenvalue weighted by atomic mass is 9.51. The summed E-state index contributed by atoms with van der Waals surface area (Å²) in [5.74, 6) is 1.08. The number of hydrogen-bond donors (Lipinski definition) is 2. The smallest absolute Gasteiger partial charge is 0.223 e. The number of nitrogens with two attached hydrogens (primary N) is 1. The summed E-state index contributed by atoms with van der Waals surface area (Å²) in [6.45, 7) is 3.66. The van der Waals surface area contributed by atoms with Gasteiger partial charge < -0.3 is 20.6 Å². The first-order valence-corrected chi connectivity index (χ1v) is 11.2. The van der Waals surface area contributed by atoms with Crippen molar-refractivity contribution in [1.29, 1.82) is 0 Å². The molecule has 136 valence electrons. The first kappa shape index (κ1) is 22.8. The molecule has 0 heterocycles. The van der Waals surface area contributed by atoms with Crippen LogP contribution in [-0.2, 0) is 14.4 Å². The van der Waals surface area contributed by atoms with Crippen LogP contribution < -0.4 is 11.1 Å². The minimum Gasteiger partial charge on any atom is -0.346 e. The molecule has 0 spiro atoms. The molecule has 0 aromatic rings. The fourth-order valence-corrected chi connectivity index (χ4v) is 5.55. The molecule has 0 aliphatic heterocycles. The maximum atomic E-state index is 12.1. The second kappa shape index (κ2) is 11.4. The van der Waals surface area contributed by atoms with Gasteiger partial charge in [-0.25, -0.2) is 0 Å². The predicted molar refractivity (Wildman–Crippen MR) is 118 cm³/mol. The average molecular weight is 380 g/mol. The monoisotopic (exact) mass is 380 g/mol. The number of carbonyl (C=O) groups excluding carboxylic acids is 3. The molecule has 1 aliphatic carbocycles. The molecule has 5 nitrogen and oxygen atoms in total. The Balaban J connectivity index is 2.44. The zero-order chi connectivity index (χ0) is 19.0. The highest BCUT2D eigenvalue weighted by molar-refractivity contribution is 8.04. The standard InChI is InChI=1S/C14H28B4N2O3S2/c1-7(2)14(23)20-9(13(22)18-16)6-25-11-4-3-10(11)24-5-8(19)12(21)17-15/h7-11,17-18H,3-6,15-16,19H2,1-2H3,(H,20,23). The quantitative estimate of drug-likeness (QED) is 0.364. The minimum absolute atomic E-state index is 0.0732. The Bertz CT molecular complexity index is 485. The number of hydrogen-bond acceptors (Lipinski definition) is 6. The number of nitrogens with one attached hydrogen (secondary N) is 1. The second-order valence-electron chi connectivity index (χ2n) is 6.78. The van der Waals surface area contributed by atoms with Crippen molar-refractivity contribution < 1.29 is 14.4 Å². The molecular formula is C14H28B4N2O3S2. The van der Waals surface area contributed by atoms with Crippen LogP contribution in [0.15, 0.2) is 0 Å². The van der Waals surface area contributed by atoms with Crippen molar-refractivity contribution in [3.8, 4) is 0 Å². The van der Waals surface area contributed by atoms with Gasteiger partial charge in [0, 0.05) is 27.9 Å². The molecule has 11 heteroatoms. The molecule has 3 N–H and O–H groups in total. The predicted octanol–water partition coefficient (Wildman–Crippen LogP) is -2.53. The van der Waals surface area contributed by atoms with Crippen molar-refractivity contribution >= 4 is 70.6 Å². The lowest BCUT2D eigenvalue weighted by Gasteiger charge is -2.37. The van der Waals surface area contributed by atoms with Gasteiger partial charge in [-0.3, -0.25) is 4.79 Å². The Labute approximate surface area is 162 Å². The maximum Gasteiger partial charge on any atom is 0.223 e. The fraction of sp³-hybridized carbons (Fsp3) is 0.786. The Kier molecular flexibility index (Phi) is 10.4. The third-order valence-corrected chi connectivity index (χ3v) is 7.69. The van der Waals surface area contributed by atoms with Gasteiger partial charge in [-0.05, 0) is 12.8 Å². The molecule has 0 bridgehead atoms. The molecule has 4 atom stereocenters. The van der Waals surface area contributed by atoms with E-state index in [-0.39, 0.29) is 29.2 Å². The summed E-state index contributed by atoms with van der Waals surface area (Å²) in [6, 6.07) is -0.777. The van der Waals surface area contributed by atoms with Crippen molar-refractivity contribution in [3.05, 3.63) is 0 Å². The van der Waals surface area contributed by atoms with Gasteiger partial charge in [0.2, 0.25) is 5.91 Å². The number of amides is 1. The number of rotatable bonds is 12. The highest BCUT2D eigenvalue weighted by Gasteiger charge is 2.33. The van der Waals surface area contributed by atoms with E-state index < -0.39 is 6.04 Å². The Morgan fingerprint density at radius 3 is 2.04 bits per heavy atom. The van der Waals surface area contributed by atoms with Crippen LogP contribution in [0.25, 0.3) is 0 Å². The molecule has 1 amide bonds. The maximum absolute atomic E-state index is 12.1. The highest BCUT2D eigenvalue weighted by Crippen LogP contribution is 2.40. The van der Waals surface area contributed by atoms with Gasteiger partial charge >= 0.3 is 0 Å². The molecule has 0 aromatic carbocycles. The van der Waals surface area contributed by atoms with Crippen LogP contribution in [0.5, 0.6) is 0 Å². The van der Waals surface area contributed by atoms with Gasteiger partial charge in [0.05, 0.1) is 33.2 Å². The molecule has 0 saturated heterocycles. The van der Waals surface area contributed by atoms with Crippen molar-refractivity contribution in [1.82, 2.24) is 5.32 Å². The van der Waals surface area contributed by atoms with E-state index >= 15 is 0 Å². The lowest BCUT2D eigenvalue weighted by Crippen LogP contribution is -2.47. The van der Waals surface area contributed by atoms with Crippen LogP contribution in [0.1, 0.15) is 26.7 Å². The molecule has 0 aromatic heterocycles. The van der Waals surface area contributed by atoms with E-state index in [9.17, 15) is 14.4 Å². The highest BCUT2D eigenvalue weighted by atomic mass is 32.2. The van der Waals surface area contributed by atoms with Gasteiger partial charge in [0.15, 0.2) is 14.3 Å². The number of carbonyl (C=O) groups is 3. The first-order valence-electron chi connectivity index (χ1n) is 9.14. The fourth-order valence-electron chi connectivity index (χ4n) is 2.42. The molecule has 1 rings (SSSR count). The summed E-state index contributed by atoms with van der Waals surface area (Å²) in [7, 11) is 4.59. The van der Waals surface area contributed by atoms with E-state index in [4.69, 9.17) is 5.73 Å². The van der Waals surface area contributed by atoms with Crippen LogP contribution >= 0.6 is 23.5 Å².